The lowest BCUT2D eigenvalue weighted by Gasteiger charge is -2.20. The molecule has 0 spiro atoms. The predicted molar refractivity (Wildman–Crippen MR) is 93.5 cm³/mol. The van der Waals surface area contributed by atoms with Crippen molar-refractivity contribution in [3.05, 3.63) is 71.7 Å². The average molecular weight is 369 g/mol. The van der Waals surface area contributed by atoms with Crippen molar-refractivity contribution in [1.82, 2.24) is 15.0 Å². The summed E-state index contributed by atoms with van der Waals surface area (Å²) in [5.41, 5.74) is 0.695. The van der Waals surface area contributed by atoms with E-state index >= 15 is 0 Å². The minimum absolute atomic E-state index is 0.0279. The number of anilines is 1. The predicted octanol–water partition coefficient (Wildman–Crippen LogP) is 4.07. The Morgan fingerprint density at radius 1 is 1.07 bits per heavy atom. The van der Waals surface area contributed by atoms with Gasteiger partial charge in [0.05, 0.1) is 11.6 Å². The smallest absolute Gasteiger partial charge is 0.355 e. The van der Waals surface area contributed by atoms with E-state index in [-0.39, 0.29) is 11.6 Å². The Hall–Kier alpha value is -3.47. The minimum Gasteiger partial charge on any atom is -0.355 e. The fourth-order valence-corrected chi connectivity index (χ4v) is 2.50. The summed E-state index contributed by atoms with van der Waals surface area (Å²) in [4.78, 5) is 13.4. The maximum Gasteiger partial charge on any atom is 0.433 e. The Kier molecular flexibility index (Phi) is 5.03. The average Bonchev–Trinajstić information content (AvgIpc) is 2.67. The second kappa shape index (κ2) is 7.41. The molecule has 27 heavy (non-hydrogen) atoms. The van der Waals surface area contributed by atoms with E-state index in [0.29, 0.717) is 17.7 Å². The van der Waals surface area contributed by atoms with Gasteiger partial charge in [0.1, 0.15) is 5.82 Å². The molecule has 0 aliphatic heterocycles. The number of pyridine rings is 1. The van der Waals surface area contributed by atoms with Gasteiger partial charge >= 0.3 is 6.18 Å². The number of rotatable bonds is 4. The molecule has 1 aromatic carbocycles. The number of halogens is 3. The van der Waals surface area contributed by atoms with Gasteiger partial charge in [-0.3, -0.25) is 4.98 Å². The number of nitrogens with zero attached hydrogens (tertiary/aromatic N) is 5. The fraction of sp³-hybridized carbons (Fsp3) is 0.158. The summed E-state index contributed by atoms with van der Waals surface area (Å²) in [5.74, 6) is 0.103. The number of hydrogen-bond acceptors (Lipinski definition) is 5. The SMILES string of the molecule is CN(Cc1cccc(C#N)c1)c1cc(C(F)(F)F)nc(-c2ccncc2)n1. The molecular formula is C19H14F3N5. The largest absolute Gasteiger partial charge is 0.433 e. The van der Waals surface area contributed by atoms with Crippen molar-refractivity contribution in [3.63, 3.8) is 0 Å². The van der Waals surface area contributed by atoms with Gasteiger partial charge in [0.15, 0.2) is 11.5 Å². The van der Waals surface area contributed by atoms with Crippen LogP contribution in [0.4, 0.5) is 19.0 Å². The summed E-state index contributed by atoms with van der Waals surface area (Å²) in [5, 5.41) is 8.99. The van der Waals surface area contributed by atoms with Crippen LogP contribution in [0.1, 0.15) is 16.8 Å². The molecule has 0 aliphatic carbocycles. The second-order valence-corrected chi connectivity index (χ2v) is 5.84. The molecule has 0 aliphatic rings. The van der Waals surface area contributed by atoms with Crippen molar-refractivity contribution in [2.45, 2.75) is 12.7 Å². The Balaban J connectivity index is 1.99. The third-order valence-electron chi connectivity index (χ3n) is 3.81. The first-order chi connectivity index (χ1) is 12.9. The van der Waals surface area contributed by atoms with Gasteiger partial charge < -0.3 is 4.90 Å². The van der Waals surface area contributed by atoms with Crippen molar-refractivity contribution in [2.75, 3.05) is 11.9 Å². The van der Waals surface area contributed by atoms with Gasteiger partial charge in [-0.2, -0.15) is 18.4 Å². The zero-order chi connectivity index (χ0) is 19.4. The van der Waals surface area contributed by atoms with Crippen molar-refractivity contribution in [2.24, 2.45) is 0 Å². The third kappa shape index (κ3) is 4.39. The van der Waals surface area contributed by atoms with Crippen LogP contribution in [0, 0.1) is 11.3 Å². The summed E-state index contributed by atoms with van der Waals surface area (Å²) in [7, 11) is 1.64. The van der Waals surface area contributed by atoms with Crippen LogP contribution >= 0.6 is 0 Å². The molecule has 3 aromatic rings. The summed E-state index contributed by atoms with van der Waals surface area (Å²) in [6.45, 7) is 0.291. The lowest BCUT2D eigenvalue weighted by Crippen LogP contribution is -2.20. The maximum absolute atomic E-state index is 13.3. The lowest BCUT2D eigenvalue weighted by atomic mass is 10.1. The molecule has 2 aromatic heterocycles. The van der Waals surface area contributed by atoms with Gasteiger partial charge in [-0.1, -0.05) is 12.1 Å². The molecule has 0 atom stereocenters. The van der Waals surface area contributed by atoms with Gasteiger partial charge in [0.2, 0.25) is 0 Å². The van der Waals surface area contributed by atoms with Gasteiger partial charge in [0.25, 0.3) is 0 Å². The molecule has 0 saturated carbocycles. The number of hydrogen-bond donors (Lipinski definition) is 0. The highest BCUT2D eigenvalue weighted by molar-refractivity contribution is 5.57. The summed E-state index contributed by atoms with van der Waals surface area (Å²) in [6.07, 6.45) is -1.66. The molecule has 0 N–H and O–H groups in total. The van der Waals surface area contributed by atoms with E-state index in [4.69, 9.17) is 5.26 Å². The molecule has 2 heterocycles. The van der Waals surface area contributed by atoms with E-state index in [9.17, 15) is 13.2 Å². The molecule has 5 nitrogen and oxygen atoms in total. The van der Waals surface area contributed by atoms with Gasteiger partial charge in [-0.25, -0.2) is 9.97 Å². The zero-order valence-electron chi connectivity index (χ0n) is 14.3. The van der Waals surface area contributed by atoms with Crippen LogP contribution in [0.2, 0.25) is 0 Å². The third-order valence-corrected chi connectivity index (χ3v) is 3.81. The summed E-state index contributed by atoms with van der Waals surface area (Å²) in [6, 6.07) is 12.9. The van der Waals surface area contributed by atoms with Crippen molar-refractivity contribution in [3.8, 4) is 17.5 Å². The first kappa shape index (κ1) is 18.3. The van der Waals surface area contributed by atoms with E-state index in [1.165, 1.54) is 12.4 Å². The van der Waals surface area contributed by atoms with Crippen molar-refractivity contribution >= 4 is 5.82 Å². The molecule has 0 unspecified atom stereocenters. The van der Waals surface area contributed by atoms with Crippen LogP contribution in [-0.2, 0) is 12.7 Å². The standard InChI is InChI=1S/C19H14F3N5/c1-27(12-14-4-2-3-13(9-14)11-23)17-10-16(19(20,21)22)25-18(26-17)15-5-7-24-8-6-15/h2-10H,12H2,1H3. The summed E-state index contributed by atoms with van der Waals surface area (Å²) < 4.78 is 39.9. The number of aromatic nitrogens is 3. The first-order valence-electron chi connectivity index (χ1n) is 7.93. The van der Waals surface area contributed by atoms with E-state index in [2.05, 4.69) is 15.0 Å². The first-order valence-corrected chi connectivity index (χ1v) is 7.93. The number of alkyl halides is 3. The monoisotopic (exact) mass is 369 g/mol. The van der Waals surface area contributed by atoms with Crippen LogP contribution < -0.4 is 4.90 Å². The zero-order valence-corrected chi connectivity index (χ0v) is 14.3. The number of nitriles is 1. The van der Waals surface area contributed by atoms with Crippen LogP contribution in [-0.4, -0.2) is 22.0 Å². The molecule has 3 rings (SSSR count). The van der Waals surface area contributed by atoms with Gasteiger partial charge in [0, 0.05) is 37.6 Å². The van der Waals surface area contributed by atoms with Gasteiger partial charge in [-0.15, -0.1) is 0 Å². The highest BCUT2D eigenvalue weighted by Gasteiger charge is 2.34. The Morgan fingerprint density at radius 3 is 2.48 bits per heavy atom. The quantitative estimate of drug-likeness (QED) is 0.694. The van der Waals surface area contributed by atoms with Crippen LogP contribution in [0.3, 0.4) is 0 Å². The van der Waals surface area contributed by atoms with E-state index < -0.39 is 11.9 Å². The molecule has 0 fully saturated rings. The van der Waals surface area contributed by atoms with Gasteiger partial charge in [-0.05, 0) is 29.8 Å². The Bertz CT molecular complexity index is 981. The maximum atomic E-state index is 13.3. The van der Waals surface area contributed by atoms with E-state index in [1.54, 1.807) is 48.3 Å². The molecule has 0 bridgehead atoms. The lowest BCUT2D eigenvalue weighted by molar-refractivity contribution is -0.141. The summed E-state index contributed by atoms with van der Waals surface area (Å²) >= 11 is 0. The molecule has 136 valence electrons. The van der Waals surface area contributed by atoms with E-state index in [0.717, 1.165) is 11.6 Å². The molecule has 8 heteroatoms. The Labute approximate surface area is 153 Å². The highest BCUT2D eigenvalue weighted by Crippen LogP contribution is 2.31. The van der Waals surface area contributed by atoms with E-state index in [1.807, 2.05) is 6.07 Å². The van der Waals surface area contributed by atoms with Crippen LogP contribution in [0.25, 0.3) is 11.4 Å². The highest BCUT2D eigenvalue weighted by atomic mass is 19.4. The normalized spacial score (nSPS) is 11.1. The molecular weight excluding hydrogens is 355 g/mol. The second-order valence-electron chi connectivity index (χ2n) is 5.84. The minimum atomic E-state index is -4.60. The van der Waals surface area contributed by atoms with Crippen molar-refractivity contribution in [1.29, 1.82) is 5.26 Å². The Morgan fingerprint density at radius 2 is 1.81 bits per heavy atom. The topological polar surface area (TPSA) is 65.7 Å². The van der Waals surface area contributed by atoms with Crippen LogP contribution in [0.5, 0.6) is 0 Å². The van der Waals surface area contributed by atoms with Crippen molar-refractivity contribution < 1.29 is 13.2 Å². The molecule has 0 saturated heterocycles. The number of benzene rings is 1. The molecule has 0 amide bonds. The fourth-order valence-electron chi connectivity index (χ4n) is 2.50. The molecule has 0 radical (unpaired) electrons. The van der Waals surface area contributed by atoms with Crippen LogP contribution in [0.15, 0.2) is 54.9 Å².